The highest BCUT2D eigenvalue weighted by molar-refractivity contribution is 7.94. The Hall–Kier alpha value is -2.05. The van der Waals surface area contributed by atoms with Gasteiger partial charge in [-0.2, -0.15) is 0 Å². The van der Waals surface area contributed by atoms with Crippen LogP contribution in [0.5, 0.6) is 5.75 Å². The van der Waals surface area contributed by atoms with Gasteiger partial charge in [0.05, 0.1) is 12.0 Å². The molecule has 1 aliphatic carbocycles. The monoisotopic (exact) mass is 379 g/mol. The van der Waals surface area contributed by atoms with Crippen LogP contribution in [-0.2, 0) is 21.2 Å². The number of ether oxygens (including phenoxy) is 1. The van der Waals surface area contributed by atoms with Gasteiger partial charge in [-0.1, -0.05) is 23.7 Å². The van der Waals surface area contributed by atoms with Crippen LogP contribution in [0.2, 0.25) is 5.02 Å². The summed E-state index contributed by atoms with van der Waals surface area (Å²) in [6.45, 7) is 0.244. The van der Waals surface area contributed by atoms with Crippen LogP contribution < -0.4 is 10.1 Å². The average Bonchev–Trinajstić information content (AvgIpc) is 3.43. The summed E-state index contributed by atoms with van der Waals surface area (Å²) in [6.07, 6.45) is 0.643. The maximum atomic E-state index is 12.9. The highest BCUT2D eigenvalue weighted by atomic mass is 35.5. The predicted molar refractivity (Wildman–Crippen MR) is 95.4 cm³/mol. The van der Waals surface area contributed by atoms with Crippen molar-refractivity contribution in [3.8, 4) is 5.75 Å². The molecular formula is C18H18ClNO4S. The molecule has 3 rings (SSSR count). The van der Waals surface area contributed by atoms with Gasteiger partial charge < -0.3 is 10.1 Å². The molecule has 0 saturated heterocycles. The largest absolute Gasteiger partial charge is 0.497 e. The first-order valence-corrected chi connectivity index (χ1v) is 9.67. The van der Waals surface area contributed by atoms with Gasteiger partial charge in [-0.15, -0.1) is 0 Å². The summed E-state index contributed by atoms with van der Waals surface area (Å²) in [5.74, 6) is 0.215. The summed E-state index contributed by atoms with van der Waals surface area (Å²) in [5, 5.41) is 3.19. The van der Waals surface area contributed by atoms with Gasteiger partial charge in [0.25, 0.3) is 0 Å². The number of hydrogen-bond acceptors (Lipinski definition) is 4. The second kappa shape index (κ2) is 6.69. The van der Waals surface area contributed by atoms with Crippen molar-refractivity contribution in [3.05, 3.63) is 59.1 Å². The van der Waals surface area contributed by atoms with Crippen LogP contribution in [0.15, 0.2) is 53.4 Å². The number of rotatable bonds is 6. The molecule has 1 aliphatic rings. The molecule has 1 fully saturated rings. The zero-order chi connectivity index (χ0) is 18.1. The Morgan fingerprint density at radius 2 is 1.88 bits per heavy atom. The maximum absolute atomic E-state index is 12.9. The van der Waals surface area contributed by atoms with Crippen molar-refractivity contribution in [2.24, 2.45) is 0 Å². The predicted octanol–water partition coefficient (Wildman–Crippen LogP) is 2.97. The SMILES string of the molecule is COc1cccc(CNC(=O)C2(S(=O)(=O)c3ccc(Cl)cc3)CC2)c1. The molecule has 0 aromatic heterocycles. The normalized spacial score (nSPS) is 15.4. The first-order chi connectivity index (χ1) is 11.9. The van der Waals surface area contributed by atoms with E-state index in [9.17, 15) is 13.2 Å². The van der Waals surface area contributed by atoms with Crippen LogP contribution in [0.4, 0.5) is 0 Å². The summed E-state index contributed by atoms with van der Waals surface area (Å²) in [4.78, 5) is 12.7. The Morgan fingerprint density at radius 3 is 2.48 bits per heavy atom. The van der Waals surface area contributed by atoms with E-state index in [0.717, 1.165) is 5.56 Å². The van der Waals surface area contributed by atoms with E-state index < -0.39 is 20.5 Å². The Labute approximate surface area is 151 Å². The van der Waals surface area contributed by atoms with Crippen LogP contribution in [-0.4, -0.2) is 26.2 Å². The minimum absolute atomic E-state index is 0.117. The fourth-order valence-corrected chi connectivity index (χ4v) is 4.72. The minimum Gasteiger partial charge on any atom is -0.497 e. The van der Waals surface area contributed by atoms with Crippen molar-refractivity contribution >= 4 is 27.3 Å². The van der Waals surface area contributed by atoms with E-state index >= 15 is 0 Å². The third-order valence-corrected chi connectivity index (χ3v) is 7.11. The van der Waals surface area contributed by atoms with E-state index in [4.69, 9.17) is 16.3 Å². The molecule has 1 N–H and O–H groups in total. The number of hydrogen-bond donors (Lipinski definition) is 1. The number of benzene rings is 2. The van der Waals surface area contributed by atoms with Gasteiger partial charge >= 0.3 is 0 Å². The van der Waals surface area contributed by atoms with Crippen LogP contribution in [0.1, 0.15) is 18.4 Å². The standard InChI is InChI=1S/C18H18ClNO4S/c1-24-15-4-2-3-13(11-15)12-20-17(21)18(9-10-18)25(22,23)16-7-5-14(19)6-8-16/h2-8,11H,9-10,12H2,1H3,(H,20,21). The number of carbonyl (C=O) groups is 1. The van der Waals surface area contributed by atoms with Gasteiger partial charge in [0.1, 0.15) is 5.75 Å². The van der Waals surface area contributed by atoms with E-state index in [2.05, 4.69) is 5.32 Å². The number of halogens is 1. The van der Waals surface area contributed by atoms with Gasteiger partial charge in [-0.3, -0.25) is 4.79 Å². The fraction of sp³-hybridized carbons (Fsp3) is 0.278. The van der Waals surface area contributed by atoms with Gasteiger partial charge in [0, 0.05) is 11.6 Å². The molecular weight excluding hydrogens is 362 g/mol. The topological polar surface area (TPSA) is 72.5 Å². The third-order valence-electron chi connectivity index (χ3n) is 4.34. The lowest BCUT2D eigenvalue weighted by Crippen LogP contribution is -2.41. The number of sulfone groups is 1. The molecule has 2 aromatic carbocycles. The van der Waals surface area contributed by atoms with Crippen molar-refractivity contribution in [1.29, 1.82) is 0 Å². The molecule has 0 heterocycles. The van der Waals surface area contributed by atoms with Gasteiger partial charge in [-0.05, 0) is 54.8 Å². The average molecular weight is 380 g/mol. The zero-order valence-corrected chi connectivity index (χ0v) is 15.2. The van der Waals surface area contributed by atoms with E-state index in [1.165, 1.54) is 24.3 Å². The van der Waals surface area contributed by atoms with Crippen molar-refractivity contribution in [1.82, 2.24) is 5.32 Å². The van der Waals surface area contributed by atoms with Crippen molar-refractivity contribution in [2.75, 3.05) is 7.11 Å². The number of nitrogens with one attached hydrogen (secondary N) is 1. The van der Waals surface area contributed by atoms with Gasteiger partial charge in [-0.25, -0.2) is 8.42 Å². The van der Waals surface area contributed by atoms with Crippen LogP contribution >= 0.6 is 11.6 Å². The molecule has 0 unspecified atom stereocenters. The summed E-state index contributed by atoms with van der Waals surface area (Å²) in [6, 6.07) is 13.2. The minimum atomic E-state index is -3.76. The number of methoxy groups -OCH3 is 1. The maximum Gasteiger partial charge on any atom is 0.242 e. The molecule has 5 nitrogen and oxygen atoms in total. The smallest absolute Gasteiger partial charge is 0.242 e. The molecule has 0 aliphatic heterocycles. The highest BCUT2D eigenvalue weighted by Crippen LogP contribution is 2.47. The first-order valence-electron chi connectivity index (χ1n) is 7.80. The molecule has 25 heavy (non-hydrogen) atoms. The molecule has 1 amide bonds. The summed E-state index contributed by atoms with van der Waals surface area (Å²) >= 11 is 5.81. The second-order valence-corrected chi connectivity index (χ2v) is 8.68. The molecule has 1 saturated carbocycles. The Bertz CT molecular complexity index is 890. The summed E-state index contributed by atoms with van der Waals surface area (Å²) < 4.78 is 29.5. The highest BCUT2D eigenvalue weighted by Gasteiger charge is 2.61. The van der Waals surface area contributed by atoms with Crippen LogP contribution in [0.25, 0.3) is 0 Å². The van der Waals surface area contributed by atoms with E-state index in [1.807, 2.05) is 12.1 Å². The number of amides is 1. The first kappa shape index (κ1) is 17.8. The molecule has 0 spiro atoms. The van der Waals surface area contributed by atoms with Crippen LogP contribution in [0.3, 0.4) is 0 Å². The lowest BCUT2D eigenvalue weighted by atomic mass is 10.2. The zero-order valence-electron chi connectivity index (χ0n) is 13.7. The van der Waals surface area contributed by atoms with Crippen molar-refractivity contribution in [2.45, 2.75) is 29.0 Å². The Kier molecular flexibility index (Phi) is 4.75. The molecule has 2 aromatic rings. The van der Waals surface area contributed by atoms with Gasteiger partial charge in [0.2, 0.25) is 5.91 Å². The van der Waals surface area contributed by atoms with Gasteiger partial charge in [0.15, 0.2) is 14.6 Å². The molecule has 7 heteroatoms. The fourth-order valence-electron chi connectivity index (χ4n) is 2.70. The van der Waals surface area contributed by atoms with E-state index in [0.29, 0.717) is 23.6 Å². The molecule has 0 radical (unpaired) electrons. The van der Waals surface area contributed by atoms with Crippen molar-refractivity contribution < 1.29 is 17.9 Å². The van der Waals surface area contributed by atoms with E-state index in [-0.39, 0.29) is 11.4 Å². The molecule has 0 bridgehead atoms. The quantitative estimate of drug-likeness (QED) is 0.837. The lowest BCUT2D eigenvalue weighted by molar-refractivity contribution is -0.121. The Morgan fingerprint density at radius 1 is 1.20 bits per heavy atom. The Balaban J connectivity index is 1.75. The summed E-state index contributed by atoms with van der Waals surface area (Å²) in [5.41, 5.74) is 0.840. The summed E-state index contributed by atoms with van der Waals surface area (Å²) in [7, 11) is -2.19. The molecule has 132 valence electrons. The van der Waals surface area contributed by atoms with Crippen LogP contribution in [0, 0.1) is 0 Å². The molecule has 0 atom stereocenters. The third kappa shape index (κ3) is 3.37. The lowest BCUT2D eigenvalue weighted by Gasteiger charge is -2.16. The van der Waals surface area contributed by atoms with E-state index in [1.54, 1.807) is 19.2 Å². The van der Waals surface area contributed by atoms with Crippen molar-refractivity contribution in [3.63, 3.8) is 0 Å². The number of carbonyl (C=O) groups excluding carboxylic acids is 1. The second-order valence-electron chi connectivity index (χ2n) is 5.99.